The average Bonchev–Trinajstić information content (AvgIpc) is 1.90. The Kier molecular flexibility index (Phi) is 4.08. The second kappa shape index (κ2) is 4.34. The largest absolute Gasteiger partial charge is 0.280 e. The van der Waals surface area contributed by atoms with Gasteiger partial charge in [0.1, 0.15) is 11.8 Å². The molecule has 0 radical (unpaired) electrons. The van der Waals surface area contributed by atoms with Crippen LogP contribution < -0.4 is 0 Å². The molecule has 1 unspecified atom stereocenters. The Hall–Kier alpha value is -0.550. The minimum Gasteiger partial charge on any atom is -0.280 e. The van der Waals surface area contributed by atoms with Crippen LogP contribution in [0.5, 0.6) is 0 Å². The van der Waals surface area contributed by atoms with Crippen molar-refractivity contribution in [2.75, 3.05) is 7.05 Å². The van der Waals surface area contributed by atoms with Crippen molar-refractivity contribution in [3.63, 3.8) is 0 Å². The van der Waals surface area contributed by atoms with Gasteiger partial charge in [0.25, 0.3) is 0 Å². The van der Waals surface area contributed by atoms with E-state index in [1.165, 1.54) is 0 Å². The van der Waals surface area contributed by atoms with Crippen molar-refractivity contribution >= 4 is 17.3 Å². The number of hydrogen-bond donors (Lipinski definition) is 0. The third kappa shape index (κ3) is 2.48. The zero-order valence-electron chi connectivity index (χ0n) is 5.56. The number of rotatable bonds is 2. The van der Waals surface area contributed by atoms with E-state index in [1.54, 1.807) is 7.05 Å². The fourth-order valence-corrected chi connectivity index (χ4v) is 0.600. The highest BCUT2D eigenvalue weighted by Crippen LogP contribution is 2.02. The van der Waals surface area contributed by atoms with Gasteiger partial charge in [0.2, 0.25) is 0 Å². The molecule has 9 heavy (non-hydrogen) atoms. The molecule has 0 amide bonds. The highest BCUT2D eigenvalue weighted by atomic mass is 35.5. The summed E-state index contributed by atoms with van der Waals surface area (Å²) in [5, 5.41) is 8.15. The minimum atomic E-state index is -0.208. The summed E-state index contributed by atoms with van der Waals surface area (Å²) in [5.41, 5.74) is 0.416. The lowest BCUT2D eigenvalue weighted by molar-refractivity contribution is 1.00. The first kappa shape index (κ1) is 8.45. The normalized spacial score (nSPS) is 14.7. The molecule has 0 saturated carbocycles. The van der Waals surface area contributed by atoms with Crippen LogP contribution in [0.15, 0.2) is 4.99 Å². The number of alkyl halides is 1. The standard InChI is InChI=1S/C6H9ClN2/c1-3-5(7)6(4-8)9-2/h5H,3H2,1-2H3. The Morgan fingerprint density at radius 3 is 2.56 bits per heavy atom. The van der Waals surface area contributed by atoms with Crippen LogP contribution in [0.25, 0.3) is 0 Å². The topological polar surface area (TPSA) is 36.1 Å². The van der Waals surface area contributed by atoms with E-state index >= 15 is 0 Å². The van der Waals surface area contributed by atoms with E-state index in [-0.39, 0.29) is 5.38 Å². The Labute approximate surface area is 60.2 Å². The van der Waals surface area contributed by atoms with E-state index in [1.807, 2.05) is 13.0 Å². The first-order valence-electron chi connectivity index (χ1n) is 2.77. The molecular formula is C6H9ClN2. The molecule has 0 aliphatic carbocycles. The van der Waals surface area contributed by atoms with Crippen molar-refractivity contribution in [1.29, 1.82) is 5.26 Å². The second-order valence-corrected chi connectivity index (χ2v) is 2.12. The molecule has 0 aromatic rings. The van der Waals surface area contributed by atoms with Crippen LogP contribution in [0, 0.1) is 11.3 Å². The van der Waals surface area contributed by atoms with Crippen LogP contribution >= 0.6 is 11.6 Å². The van der Waals surface area contributed by atoms with Gasteiger partial charge in [-0.15, -0.1) is 11.6 Å². The molecule has 1 atom stereocenters. The Balaban J connectivity index is 4.01. The van der Waals surface area contributed by atoms with Gasteiger partial charge in [0.05, 0.1) is 5.38 Å². The maximum absolute atomic E-state index is 8.36. The number of aliphatic imine (C=N–C) groups is 1. The molecule has 0 N–H and O–H groups in total. The number of hydrogen-bond acceptors (Lipinski definition) is 2. The maximum Gasteiger partial charge on any atom is 0.129 e. The zero-order valence-corrected chi connectivity index (χ0v) is 6.31. The van der Waals surface area contributed by atoms with E-state index in [9.17, 15) is 0 Å². The van der Waals surface area contributed by atoms with E-state index in [0.717, 1.165) is 6.42 Å². The highest BCUT2D eigenvalue weighted by Gasteiger charge is 2.07. The first-order chi connectivity index (χ1) is 4.26. The summed E-state index contributed by atoms with van der Waals surface area (Å²) in [5.74, 6) is 0. The predicted molar refractivity (Wildman–Crippen MR) is 38.9 cm³/mol. The quantitative estimate of drug-likeness (QED) is 0.428. The van der Waals surface area contributed by atoms with Crippen molar-refractivity contribution in [2.45, 2.75) is 18.7 Å². The molecule has 0 heterocycles. The SMILES string of the molecule is CCC(Cl)C(C#N)=NC. The molecule has 0 bridgehead atoms. The van der Waals surface area contributed by atoms with E-state index in [2.05, 4.69) is 4.99 Å². The molecule has 0 rings (SSSR count). The summed E-state index contributed by atoms with van der Waals surface area (Å²) in [6.07, 6.45) is 0.752. The van der Waals surface area contributed by atoms with Gasteiger partial charge in [0, 0.05) is 7.05 Å². The molecule has 0 aliphatic rings. The van der Waals surface area contributed by atoms with Crippen molar-refractivity contribution in [2.24, 2.45) is 4.99 Å². The summed E-state index contributed by atoms with van der Waals surface area (Å²) in [6.45, 7) is 1.92. The van der Waals surface area contributed by atoms with E-state index in [0.29, 0.717) is 5.71 Å². The van der Waals surface area contributed by atoms with E-state index in [4.69, 9.17) is 16.9 Å². The van der Waals surface area contributed by atoms with Gasteiger partial charge >= 0.3 is 0 Å². The van der Waals surface area contributed by atoms with Crippen LogP contribution in [0.2, 0.25) is 0 Å². The van der Waals surface area contributed by atoms with Gasteiger partial charge in [-0.05, 0) is 6.42 Å². The number of nitriles is 1. The summed E-state index contributed by atoms with van der Waals surface area (Å²) in [6, 6.07) is 1.92. The summed E-state index contributed by atoms with van der Waals surface area (Å²) >= 11 is 5.68. The lowest BCUT2D eigenvalue weighted by Gasteiger charge is -1.99. The van der Waals surface area contributed by atoms with Gasteiger partial charge in [-0.1, -0.05) is 6.92 Å². The fraction of sp³-hybridized carbons (Fsp3) is 0.667. The summed E-state index contributed by atoms with van der Waals surface area (Å²) < 4.78 is 0. The molecule has 3 heteroatoms. The Bertz CT molecular complexity index is 146. The third-order valence-electron chi connectivity index (χ3n) is 1.01. The van der Waals surface area contributed by atoms with E-state index < -0.39 is 0 Å². The van der Waals surface area contributed by atoms with Crippen LogP contribution in [0.3, 0.4) is 0 Å². The molecular weight excluding hydrogens is 136 g/mol. The lowest BCUT2D eigenvalue weighted by Crippen LogP contribution is -2.10. The molecule has 0 aliphatic heterocycles. The monoisotopic (exact) mass is 144 g/mol. The molecule has 50 valence electrons. The fourth-order valence-electron chi connectivity index (χ4n) is 0.453. The smallest absolute Gasteiger partial charge is 0.129 e. The summed E-state index contributed by atoms with van der Waals surface area (Å²) in [4.78, 5) is 3.70. The molecule has 0 aromatic carbocycles. The van der Waals surface area contributed by atoms with Crippen LogP contribution in [0.1, 0.15) is 13.3 Å². The number of nitrogens with zero attached hydrogens (tertiary/aromatic N) is 2. The molecule has 0 fully saturated rings. The zero-order chi connectivity index (χ0) is 7.28. The van der Waals surface area contributed by atoms with Crippen molar-refractivity contribution in [3.05, 3.63) is 0 Å². The molecule has 0 saturated heterocycles. The van der Waals surface area contributed by atoms with Gasteiger partial charge in [-0.3, -0.25) is 4.99 Å². The number of halogens is 1. The molecule has 0 spiro atoms. The second-order valence-electron chi connectivity index (χ2n) is 1.60. The highest BCUT2D eigenvalue weighted by molar-refractivity contribution is 6.34. The Morgan fingerprint density at radius 2 is 2.44 bits per heavy atom. The van der Waals surface area contributed by atoms with Gasteiger partial charge < -0.3 is 0 Å². The van der Waals surface area contributed by atoms with Gasteiger partial charge in [-0.2, -0.15) is 5.26 Å². The van der Waals surface area contributed by atoms with Crippen LogP contribution in [-0.2, 0) is 0 Å². The maximum atomic E-state index is 8.36. The van der Waals surface area contributed by atoms with Crippen molar-refractivity contribution < 1.29 is 0 Å². The lowest BCUT2D eigenvalue weighted by atomic mass is 10.2. The Morgan fingerprint density at radius 1 is 1.89 bits per heavy atom. The summed E-state index contributed by atoms with van der Waals surface area (Å²) in [7, 11) is 1.57. The van der Waals surface area contributed by atoms with Crippen LogP contribution in [-0.4, -0.2) is 18.1 Å². The van der Waals surface area contributed by atoms with Gasteiger partial charge in [0.15, 0.2) is 0 Å². The minimum absolute atomic E-state index is 0.208. The van der Waals surface area contributed by atoms with Gasteiger partial charge in [-0.25, -0.2) is 0 Å². The van der Waals surface area contributed by atoms with Crippen molar-refractivity contribution in [3.8, 4) is 6.07 Å². The first-order valence-corrected chi connectivity index (χ1v) is 3.20. The van der Waals surface area contributed by atoms with Crippen LogP contribution in [0.4, 0.5) is 0 Å². The average molecular weight is 145 g/mol. The van der Waals surface area contributed by atoms with Crippen molar-refractivity contribution in [1.82, 2.24) is 0 Å². The predicted octanol–water partition coefficient (Wildman–Crippen LogP) is 1.60. The third-order valence-corrected chi connectivity index (χ3v) is 1.53. The molecule has 2 nitrogen and oxygen atoms in total. The molecule has 0 aromatic heterocycles.